The van der Waals surface area contributed by atoms with Gasteiger partial charge >= 0.3 is 0 Å². The second kappa shape index (κ2) is 8.40. The van der Waals surface area contributed by atoms with Gasteiger partial charge in [-0.15, -0.1) is 0 Å². The third-order valence-electron chi connectivity index (χ3n) is 2.97. The second-order valence-corrected chi connectivity index (χ2v) is 4.86. The van der Waals surface area contributed by atoms with Gasteiger partial charge in [-0.25, -0.2) is 0 Å². The summed E-state index contributed by atoms with van der Waals surface area (Å²) in [5.74, 6) is 0.554. The average Bonchev–Trinajstić information content (AvgIpc) is 2.39. The molecule has 3 N–H and O–H groups in total. The van der Waals surface area contributed by atoms with Crippen LogP contribution in [-0.4, -0.2) is 33.1 Å². The second-order valence-electron chi connectivity index (χ2n) is 4.86. The smallest absolute Gasteiger partial charge is 0.188 e. The highest BCUT2D eigenvalue weighted by molar-refractivity contribution is 5.77. The van der Waals surface area contributed by atoms with Gasteiger partial charge in [-0.2, -0.15) is 0 Å². The van der Waals surface area contributed by atoms with Crippen molar-refractivity contribution in [2.75, 3.05) is 32.1 Å². The molecule has 0 saturated heterocycles. The quantitative estimate of drug-likeness (QED) is 0.449. The average molecular weight is 262 g/mol. The highest BCUT2D eigenvalue weighted by Gasteiger charge is 1.97. The molecular formula is C15H26N4. The van der Waals surface area contributed by atoms with Gasteiger partial charge in [-0.05, 0) is 30.5 Å². The molecule has 0 spiro atoms. The molecule has 0 aliphatic rings. The summed E-state index contributed by atoms with van der Waals surface area (Å²) in [6.07, 6.45) is 3.20. The summed E-state index contributed by atoms with van der Waals surface area (Å²) in [5, 5.41) is 3.14. The zero-order chi connectivity index (χ0) is 14.1. The summed E-state index contributed by atoms with van der Waals surface area (Å²) in [6, 6.07) is 8.57. The van der Waals surface area contributed by atoms with E-state index in [2.05, 4.69) is 46.4 Å². The Hall–Kier alpha value is -1.71. The normalized spacial score (nSPS) is 11.4. The number of benzene rings is 1. The molecule has 0 saturated carbocycles. The standard InChI is InChI=1S/C15H26N4/c1-4-5-11-17-15(16)18-12-10-13-6-8-14(9-7-13)19(2)3/h6-9H,4-5,10-12H2,1-3H3,(H3,16,17,18). The Balaban J connectivity index is 2.30. The maximum Gasteiger partial charge on any atom is 0.188 e. The van der Waals surface area contributed by atoms with E-state index >= 15 is 0 Å². The Kier molecular flexibility index (Phi) is 6.79. The zero-order valence-corrected chi connectivity index (χ0v) is 12.3. The molecule has 0 aromatic heterocycles. The molecule has 0 aliphatic heterocycles. The largest absolute Gasteiger partial charge is 0.378 e. The lowest BCUT2D eigenvalue weighted by Gasteiger charge is -2.12. The Morgan fingerprint density at radius 1 is 1.26 bits per heavy atom. The molecule has 0 unspecified atom stereocenters. The highest BCUT2D eigenvalue weighted by atomic mass is 15.1. The molecule has 4 heteroatoms. The maximum absolute atomic E-state index is 5.77. The first kappa shape index (κ1) is 15.3. The monoisotopic (exact) mass is 262 g/mol. The minimum Gasteiger partial charge on any atom is -0.378 e. The Bertz CT molecular complexity index is 382. The number of nitrogens with two attached hydrogens (primary N) is 1. The number of guanidine groups is 1. The number of rotatable bonds is 7. The minimum atomic E-state index is 0.554. The number of unbranched alkanes of at least 4 members (excludes halogenated alkanes) is 1. The molecule has 0 atom stereocenters. The van der Waals surface area contributed by atoms with Crippen molar-refractivity contribution in [1.29, 1.82) is 0 Å². The van der Waals surface area contributed by atoms with Crippen molar-refractivity contribution in [3.05, 3.63) is 29.8 Å². The molecule has 106 valence electrons. The predicted molar refractivity (Wildman–Crippen MR) is 83.9 cm³/mol. The Labute approximate surface area is 116 Å². The molecule has 0 heterocycles. The van der Waals surface area contributed by atoms with Gasteiger partial charge in [-0.3, -0.25) is 4.99 Å². The molecule has 0 bridgehead atoms. The van der Waals surface area contributed by atoms with Crippen LogP contribution in [0, 0.1) is 0 Å². The summed E-state index contributed by atoms with van der Waals surface area (Å²) in [5.41, 5.74) is 8.30. The van der Waals surface area contributed by atoms with E-state index in [1.165, 1.54) is 11.3 Å². The number of nitrogens with one attached hydrogen (secondary N) is 1. The molecule has 1 aromatic rings. The van der Waals surface area contributed by atoms with Crippen molar-refractivity contribution in [2.45, 2.75) is 26.2 Å². The van der Waals surface area contributed by atoms with Gasteiger partial charge in [0.25, 0.3) is 0 Å². The first-order valence-corrected chi connectivity index (χ1v) is 6.93. The number of aliphatic imine (C=N–C) groups is 1. The lowest BCUT2D eigenvalue weighted by atomic mass is 10.1. The number of hydrogen-bond acceptors (Lipinski definition) is 2. The van der Waals surface area contributed by atoms with Crippen LogP contribution in [0.4, 0.5) is 5.69 Å². The van der Waals surface area contributed by atoms with Crippen LogP contribution in [0.1, 0.15) is 25.3 Å². The fraction of sp³-hybridized carbons (Fsp3) is 0.533. The fourth-order valence-electron chi connectivity index (χ4n) is 1.71. The van der Waals surface area contributed by atoms with E-state index in [0.717, 1.165) is 32.4 Å². The van der Waals surface area contributed by atoms with E-state index in [1.807, 2.05) is 14.1 Å². The third kappa shape index (κ3) is 6.13. The summed E-state index contributed by atoms with van der Waals surface area (Å²) in [4.78, 5) is 6.36. The molecule has 19 heavy (non-hydrogen) atoms. The Morgan fingerprint density at radius 2 is 1.95 bits per heavy atom. The lowest BCUT2D eigenvalue weighted by molar-refractivity contribution is 0.791. The van der Waals surface area contributed by atoms with E-state index < -0.39 is 0 Å². The van der Waals surface area contributed by atoms with Gasteiger partial charge in [0.15, 0.2) is 5.96 Å². The first-order valence-electron chi connectivity index (χ1n) is 6.93. The van der Waals surface area contributed by atoms with E-state index in [1.54, 1.807) is 0 Å². The molecule has 0 aliphatic carbocycles. The van der Waals surface area contributed by atoms with E-state index in [0.29, 0.717) is 5.96 Å². The van der Waals surface area contributed by atoms with Crippen LogP contribution >= 0.6 is 0 Å². The van der Waals surface area contributed by atoms with Gasteiger partial charge in [0.2, 0.25) is 0 Å². The van der Waals surface area contributed by atoms with Crippen LogP contribution < -0.4 is 16.0 Å². The number of anilines is 1. The van der Waals surface area contributed by atoms with Crippen LogP contribution in [0.2, 0.25) is 0 Å². The first-order chi connectivity index (χ1) is 9.13. The molecule has 1 rings (SSSR count). The molecular weight excluding hydrogens is 236 g/mol. The lowest BCUT2D eigenvalue weighted by Crippen LogP contribution is -2.33. The van der Waals surface area contributed by atoms with Gasteiger partial charge < -0.3 is 16.0 Å². The molecule has 0 amide bonds. The summed E-state index contributed by atoms with van der Waals surface area (Å²) < 4.78 is 0. The number of nitrogens with zero attached hydrogens (tertiary/aromatic N) is 2. The van der Waals surface area contributed by atoms with Crippen molar-refractivity contribution in [2.24, 2.45) is 10.7 Å². The van der Waals surface area contributed by atoms with Crippen molar-refractivity contribution in [3.8, 4) is 0 Å². The summed E-state index contributed by atoms with van der Waals surface area (Å²) in [7, 11) is 4.09. The fourth-order valence-corrected chi connectivity index (χ4v) is 1.71. The molecule has 0 radical (unpaired) electrons. The summed E-state index contributed by atoms with van der Waals surface area (Å²) in [6.45, 7) is 3.78. The topological polar surface area (TPSA) is 53.6 Å². The van der Waals surface area contributed by atoms with E-state index in [4.69, 9.17) is 5.73 Å². The van der Waals surface area contributed by atoms with E-state index in [9.17, 15) is 0 Å². The maximum atomic E-state index is 5.77. The molecule has 0 fully saturated rings. The SMILES string of the molecule is CCCCN=C(N)NCCc1ccc(N(C)C)cc1. The van der Waals surface area contributed by atoms with E-state index in [-0.39, 0.29) is 0 Å². The van der Waals surface area contributed by atoms with Crippen molar-refractivity contribution in [1.82, 2.24) is 5.32 Å². The summed E-state index contributed by atoms with van der Waals surface area (Å²) >= 11 is 0. The Morgan fingerprint density at radius 3 is 2.53 bits per heavy atom. The van der Waals surface area contributed by atoms with Gasteiger partial charge in [0.05, 0.1) is 0 Å². The van der Waals surface area contributed by atoms with Crippen LogP contribution in [0.5, 0.6) is 0 Å². The zero-order valence-electron chi connectivity index (χ0n) is 12.3. The van der Waals surface area contributed by atoms with Crippen LogP contribution in [-0.2, 0) is 6.42 Å². The molecule has 1 aromatic carbocycles. The van der Waals surface area contributed by atoms with Gasteiger partial charge in [0.1, 0.15) is 0 Å². The van der Waals surface area contributed by atoms with Crippen LogP contribution in [0.25, 0.3) is 0 Å². The third-order valence-corrected chi connectivity index (χ3v) is 2.97. The van der Waals surface area contributed by atoms with Crippen LogP contribution in [0.15, 0.2) is 29.3 Å². The van der Waals surface area contributed by atoms with Crippen molar-refractivity contribution >= 4 is 11.6 Å². The number of hydrogen-bond donors (Lipinski definition) is 2. The minimum absolute atomic E-state index is 0.554. The predicted octanol–water partition coefficient (Wildman–Crippen LogP) is 2.00. The van der Waals surface area contributed by atoms with Gasteiger partial charge in [-0.1, -0.05) is 25.5 Å². The van der Waals surface area contributed by atoms with Gasteiger partial charge in [0, 0.05) is 32.9 Å². The van der Waals surface area contributed by atoms with Crippen LogP contribution in [0.3, 0.4) is 0 Å². The van der Waals surface area contributed by atoms with Crippen molar-refractivity contribution in [3.63, 3.8) is 0 Å². The molecule has 4 nitrogen and oxygen atoms in total. The van der Waals surface area contributed by atoms with Crippen molar-refractivity contribution < 1.29 is 0 Å². The highest BCUT2D eigenvalue weighted by Crippen LogP contribution is 2.12.